The molecule has 2 aromatic heterocycles. The Balaban J connectivity index is 1.27. The average Bonchev–Trinajstić information content (AvgIpc) is 3.06. The molecular weight excluding hydrogens is 395 g/mol. The summed E-state index contributed by atoms with van der Waals surface area (Å²) < 4.78 is 56.9. The van der Waals surface area contributed by atoms with Gasteiger partial charge < -0.3 is 23.8 Å². The van der Waals surface area contributed by atoms with Gasteiger partial charge in [-0.25, -0.2) is 9.97 Å². The molecule has 8 nitrogen and oxygen atoms in total. The van der Waals surface area contributed by atoms with Gasteiger partial charge in [-0.3, -0.25) is 0 Å². The van der Waals surface area contributed by atoms with Gasteiger partial charge in [-0.1, -0.05) is 6.07 Å². The van der Waals surface area contributed by atoms with E-state index in [1.807, 2.05) is 0 Å². The summed E-state index contributed by atoms with van der Waals surface area (Å²) in [6.07, 6.45) is -1.16. The number of ether oxygens (including phenoxy) is 3. The summed E-state index contributed by atoms with van der Waals surface area (Å²) in [6.45, 7) is 0. The topological polar surface area (TPSA) is 99.7 Å². The highest BCUT2D eigenvalue weighted by atomic mass is 19.4. The van der Waals surface area contributed by atoms with Gasteiger partial charge in [0.25, 0.3) is 5.88 Å². The van der Waals surface area contributed by atoms with Crippen molar-refractivity contribution in [2.75, 3.05) is 0 Å². The van der Waals surface area contributed by atoms with E-state index in [0.717, 1.165) is 0 Å². The molecule has 0 saturated heterocycles. The quantitative estimate of drug-likeness (QED) is 0.658. The van der Waals surface area contributed by atoms with E-state index in [1.165, 1.54) is 36.7 Å². The highest BCUT2D eigenvalue weighted by Gasteiger charge is 2.34. The fourth-order valence-electron chi connectivity index (χ4n) is 2.71. The summed E-state index contributed by atoms with van der Waals surface area (Å²) in [4.78, 5) is 8.25. The van der Waals surface area contributed by atoms with Crippen molar-refractivity contribution in [3.05, 3.63) is 42.7 Å². The molecule has 0 spiro atoms. The van der Waals surface area contributed by atoms with Crippen LogP contribution in [0.2, 0.25) is 0 Å². The van der Waals surface area contributed by atoms with Crippen molar-refractivity contribution in [1.29, 1.82) is 0 Å². The fraction of sp³-hybridized carbons (Fsp3) is 0.278. The van der Waals surface area contributed by atoms with E-state index >= 15 is 0 Å². The summed E-state index contributed by atoms with van der Waals surface area (Å²) in [5.74, 6) is 0.280. The molecular formula is C18H14F3N3O5. The minimum absolute atomic E-state index is 0.149. The minimum Gasteiger partial charge on any atom is -0.491 e. The van der Waals surface area contributed by atoms with Crippen LogP contribution in [-0.4, -0.2) is 38.8 Å². The predicted molar refractivity (Wildman–Crippen MR) is 90.4 cm³/mol. The molecule has 0 amide bonds. The lowest BCUT2D eigenvalue weighted by Crippen LogP contribution is -2.41. The first-order valence-electron chi connectivity index (χ1n) is 8.51. The number of benzene rings is 1. The van der Waals surface area contributed by atoms with Crippen molar-refractivity contribution in [2.45, 2.75) is 31.4 Å². The van der Waals surface area contributed by atoms with Crippen LogP contribution in [-0.2, 0) is 0 Å². The normalized spacial score (nSPS) is 18.7. The minimum atomic E-state index is -4.75. The van der Waals surface area contributed by atoms with Gasteiger partial charge in [0.1, 0.15) is 29.4 Å². The molecule has 1 fully saturated rings. The van der Waals surface area contributed by atoms with Gasteiger partial charge in [0, 0.05) is 18.9 Å². The Morgan fingerprint density at radius 1 is 1.00 bits per heavy atom. The molecule has 1 aromatic carbocycles. The highest BCUT2D eigenvalue weighted by Crippen LogP contribution is 2.32. The van der Waals surface area contributed by atoms with Crippen LogP contribution in [0.4, 0.5) is 13.2 Å². The number of hydrogen-bond acceptors (Lipinski definition) is 8. The Bertz CT molecular complexity index is 971. The number of hydrogen-bond donors (Lipinski definition) is 1. The number of alkyl halides is 3. The van der Waals surface area contributed by atoms with E-state index in [-0.39, 0.29) is 35.3 Å². The summed E-state index contributed by atoms with van der Waals surface area (Å²) in [7, 11) is 0. The molecule has 0 aliphatic heterocycles. The predicted octanol–water partition coefficient (Wildman–Crippen LogP) is 3.72. The van der Waals surface area contributed by atoms with Crippen molar-refractivity contribution >= 4 is 0 Å². The first-order valence-corrected chi connectivity index (χ1v) is 8.51. The van der Waals surface area contributed by atoms with E-state index in [2.05, 4.69) is 19.9 Å². The van der Waals surface area contributed by atoms with E-state index in [9.17, 15) is 18.3 Å². The zero-order chi connectivity index (χ0) is 20.4. The van der Waals surface area contributed by atoms with Crippen molar-refractivity contribution in [1.82, 2.24) is 15.1 Å². The van der Waals surface area contributed by atoms with Crippen LogP contribution >= 0.6 is 0 Å². The maximum Gasteiger partial charge on any atom is 0.573 e. The van der Waals surface area contributed by atoms with Crippen LogP contribution in [0.3, 0.4) is 0 Å². The molecule has 4 rings (SSSR count). The number of nitrogens with zero attached hydrogens (tertiary/aromatic N) is 3. The smallest absolute Gasteiger partial charge is 0.491 e. The third-order valence-electron chi connectivity index (χ3n) is 4.06. The van der Waals surface area contributed by atoms with Gasteiger partial charge in [-0.2, -0.15) is 0 Å². The third kappa shape index (κ3) is 4.86. The molecule has 0 atom stereocenters. The Morgan fingerprint density at radius 3 is 2.41 bits per heavy atom. The van der Waals surface area contributed by atoms with E-state index < -0.39 is 6.36 Å². The molecule has 3 aromatic rings. The Morgan fingerprint density at radius 2 is 1.76 bits per heavy atom. The molecule has 0 bridgehead atoms. The van der Waals surface area contributed by atoms with Crippen LogP contribution in [0.25, 0.3) is 11.5 Å². The number of halogens is 3. The molecule has 1 aliphatic carbocycles. The molecule has 0 radical (unpaired) electrons. The molecule has 1 N–H and O–H groups in total. The average molecular weight is 409 g/mol. The van der Waals surface area contributed by atoms with Gasteiger partial charge in [0.05, 0.1) is 18.5 Å². The first-order chi connectivity index (χ1) is 13.8. The van der Waals surface area contributed by atoms with E-state index in [4.69, 9.17) is 14.0 Å². The number of aromatic hydroxyl groups is 1. The second kappa shape index (κ2) is 7.49. The SMILES string of the molecule is Oc1cc(-c2cnc(OC3CC(Oc4cccc(OC(F)(F)F)c4)C3)cn2)on1. The fourth-order valence-corrected chi connectivity index (χ4v) is 2.71. The van der Waals surface area contributed by atoms with Crippen LogP contribution in [0.1, 0.15) is 12.8 Å². The second-order valence-electron chi connectivity index (χ2n) is 6.26. The Labute approximate surface area is 161 Å². The maximum atomic E-state index is 12.3. The molecule has 152 valence electrons. The second-order valence-corrected chi connectivity index (χ2v) is 6.26. The monoisotopic (exact) mass is 409 g/mol. The van der Waals surface area contributed by atoms with Crippen LogP contribution in [0.5, 0.6) is 23.3 Å². The molecule has 1 saturated carbocycles. The largest absolute Gasteiger partial charge is 0.573 e. The number of rotatable bonds is 6. The van der Waals surface area contributed by atoms with Crippen molar-refractivity contribution < 1.29 is 37.0 Å². The lowest BCUT2D eigenvalue weighted by atomic mass is 9.92. The lowest BCUT2D eigenvalue weighted by molar-refractivity contribution is -0.274. The zero-order valence-electron chi connectivity index (χ0n) is 14.7. The molecule has 0 unspecified atom stereocenters. The Hall–Kier alpha value is -3.50. The highest BCUT2D eigenvalue weighted by molar-refractivity contribution is 5.51. The van der Waals surface area contributed by atoms with E-state index in [1.54, 1.807) is 6.07 Å². The Kier molecular flexibility index (Phi) is 4.87. The lowest BCUT2D eigenvalue weighted by Gasteiger charge is -2.34. The van der Waals surface area contributed by atoms with Gasteiger partial charge in [-0.15, -0.1) is 13.2 Å². The van der Waals surface area contributed by atoms with Gasteiger partial charge >= 0.3 is 6.36 Å². The van der Waals surface area contributed by atoms with E-state index in [0.29, 0.717) is 24.4 Å². The molecule has 29 heavy (non-hydrogen) atoms. The molecule has 11 heteroatoms. The van der Waals surface area contributed by atoms with Crippen LogP contribution < -0.4 is 14.2 Å². The molecule has 1 aliphatic rings. The zero-order valence-corrected chi connectivity index (χ0v) is 14.7. The van der Waals surface area contributed by atoms with Crippen LogP contribution in [0, 0.1) is 0 Å². The van der Waals surface area contributed by atoms with Crippen LogP contribution in [0.15, 0.2) is 47.2 Å². The standard InChI is InChI=1S/C18H14F3N3O5/c19-18(20,21)28-11-3-1-2-10(4-11)26-12-5-13(6-12)27-17-9-22-14(8-23-17)15-7-16(25)24-29-15/h1-4,7-9,12-13H,5-6H2,(H,24,25). The van der Waals surface area contributed by atoms with Crippen molar-refractivity contribution in [3.8, 4) is 34.7 Å². The summed E-state index contributed by atoms with van der Waals surface area (Å²) in [6, 6.07) is 6.69. The summed E-state index contributed by atoms with van der Waals surface area (Å²) in [5, 5.41) is 12.5. The first kappa shape index (κ1) is 18.8. The van der Waals surface area contributed by atoms with Crippen molar-refractivity contribution in [2.24, 2.45) is 0 Å². The molecule has 2 heterocycles. The summed E-state index contributed by atoms with van der Waals surface area (Å²) >= 11 is 0. The van der Waals surface area contributed by atoms with Gasteiger partial charge in [0.2, 0.25) is 5.88 Å². The maximum absolute atomic E-state index is 12.3. The van der Waals surface area contributed by atoms with Crippen molar-refractivity contribution in [3.63, 3.8) is 0 Å². The third-order valence-corrected chi connectivity index (χ3v) is 4.06. The number of aromatic nitrogens is 3. The van der Waals surface area contributed by atoms with Gasteiger partial charge in [-0.05, 0) is 17.3 Å². The summed E-state index contributed by atoms with van der Waals surface area (Å²) in [5.41, 5.74) is 0.390. The van der Waals surface area contributed by atoms with Gasteiger partial charge in [0.15, 0.2) is 5.76 Å².